The molecule has 0 spiro atoms. The summed E-state index contributed by atoms with van der Waals surface area (Å²) >= 11 is 0. The fourth-order valence-corrected chi connectivity index (χ4v) is 2.23. The summed E-state index contributed by atoms with van der Waals surface area (Å²) in [6, 6.07) is 3.17. The van der Waals surface area contributed by atoms with Crippen LogP contribution in [0.1, 0.15) is 12.0 Å². The lowest BCUT2D eigenvalue weighted by Crippen LogP contribution is -2.33. The van der Waals surface area contributed by atoms with Gasteiger partial charge < -0.3 is 10.8 Å². The van der Waals surface area contributed by atoms with Crippen molar-refractivity contribution in [2.75, 3.05) is 13.2 Å². The Labute approximate surface area is 115 Å². The second kappa shape index (κ2) is 7.00. The topological polar surface area (TPSA) is 109 Å². The van der Waals surface area contributed by atoms with Crippen molar-refractivity contribution in [3.05, 3.63) is 29.6 Å². The van der Waals surface area contributed by atoms with Crippen LogP contribution in [0.15, 0.2) is 23.1 Å². The highest BCUT2D eigenvalue weighted by Crippen LogP contribution is 2.14. The molecule has 0 heterocycles. The number of amides is 1. The molecule has 108 valence electrons. The molecule has 1 rings (SSSR count). The first-order valence-corrected chi connectivity index (χ1v) is 7.02. The van der Waals surface area contributed by atoms with E-state index in [1.54, 1.807) is 0 Å². The largest absolute Gasteiger partial charge is 0.395 e. The van der Waals surface area contributed by atoms with E-state index in [9.17, 15) is 17.6 Å². The number of carbonyl (C=O) groups excluding carboxylic acids is 1. The predicted molar refractivity (Wildman–Crippen MR) is 69.4 cm³/mol. The summed E-state index contributed by atoms with van der Waals surface area (Å²) in [4.78, 5) is 10.2. The second-order valence-corrected chi connectivity index (χ2v) is 5.47. The Balaban J connectivity index is 2.98. The Morgan fingerprint density at radius 1 is 1.45 bits per heavy atom. The van der Waals surface area contributed by atoms with Crippen molar-refractivity contribution in [3.63, 3.8) is 0 Å². The van der Waals surface area contributed by atoms with Gasteiger partial charge in [-0.25, -0.2) is 17.5 Å². The van der Waals surface area contributed by atoms with Gasteiger partial charge in [-0.1, -0.05) is 11.8 Å². The number of benzene rings is 1. The van der Waals surface area contributed by atoms with E-state index in [0.717, 1.165) is 12.1 Å². The fraction of sp³-hybridized carbons (Fsp3) is 0.250. The quantitative estimate of drug-likeness (QED) is 0.626. The van der Waals surface area contributed by atoms with Crippen molar-refractivity contribution in [2.45, 2.75) is 11.3 Å². The van der Waals surface area contributed by atoms with Gasteiger partial charge in [0.25, 0.3) is 0 Å². The smallest absolute Gasteiger partial charge is 0.241 e. The van der Waals surface area contributed by atoms with Crippen LogP contribution in [0.3, 0.4) is 0 Å². The minimum Gasteiger partial charge on any atom is -0.395 e. The molecule has 0 bridgehead atoms. The van der Waals surface area contributed by atoms with Crippen LogP contribution < -0.4 is 10.5 Å². The number of halogens is 1. The van der Waals surface area contributed by atoms with Crippen LogP contribution in [-0.4, -0.2) is 32.6 Å². The van der Waals surface area contributed by atoms with Crippen molar-refractivity contribution < 1.29 is 22.7 Å². The van der Waals surface area contributed by atoms with E-state index in [4.69, 9.17) is 10.8 Å². The summed E-state index contributed by atoms with van der Waals surface area (Å²) in [5.74, 6) is 3.34. The van der Waals surface area contributed by atoms with Crippen LogP contribution in [0.4, 0.5) is 4.39 Å². The molecule has 6 nitrogen and oxygen atoms in total. The highest BCUT2D eigenvalue weighted by molar-refractivity contribution is 7.89. The zero-order valence-electron chi connectivity index (χ0n) is 10.4. The van der Waals surface area contributed by atoms with Gasteiger partial charge in [-0.05, 0) is 18.2 Å². The zero-order valence-corrected chi connectivity index (χ0v) is 11.2. The van der Waals surface area contributed by atoms with Gasteiger partial charge in [0.05, 0.1) is 23.6 Å². The standard InChI is InChI=1S/C12H13FN2O4S/c13-11-7-10(20(18,19)15-8-12(14)17)5-4-9(11)3-1-2-6-16/h4-5,7,15-16H,2,6,8H2,(H2,14,17). The molecule has 0 aliphatic heterocycles. The maximum atomic E-state index is 13.7. The summed E-state index contributed by atoms with van der Waals surface area (Å²) in [5, 5.41) is 8.55. The Bertz CT molecular complexity index is 662. The van der Waals surface area contributed by atoms with Crippen molar-refractivity contribution >= 4 is 15.9 Å². The number of nitrogens with two attached hydrogens (primary N) is 1. The molecule has 1 aromatic rings. The van der Waals surface area contributed by atoms with E-state index >= 15 is 0 Å². The van der Waals surface area contributed by atoms with Gasteiger partial charge in [0.1, 0.15) is 5.82 Å². The van der Waals surface area contributed by atoms with E-state index in [2.05, 4.69) is 11.8 Å². The molecule has 0 saturated heterocycles. The maximum Gasteiger partial charge on any atom is 0.241 e. The molecule has 0 atom stereocenters. The third-order valence-electron chi connectivity index (χ3n) is 2.15. The maximum absolute atomic E-state index is 13.7. The van der Waals surface area contributed by atoms with Crippen LogP contribution >= 0.6 is 0 Å². The van der Waals surface area contributed by atoms with E-state index in [1.807, 2.05) is 4.72 Å². The molecule has 8 heteroatoms. The Hall–Kier alpha value is -1.95. The Morgan fingerprint density at radius 3 is 2.70 bits per heavy atom. The molecule has 0 saturated carbocycles. The lowest BCUT2D eigenvalue weighted by atomic mass is 10.2. The number of aliphatic hydroxyl groups is 1. The minimum atomic E-state index is -4.00. The van der Waals surface area contributed by atoms with Crippen molar-refractivity contribution in [1.29, 1.82) is 0 Å². The fourth-order valence-electron chi connectivity index (χ4n) is 1.23. The molecule has 20 heavy (non-hydrogen) atoms. The summed E-state index contributed by atoms with van der Waals surface area (Å²) in [6.07, 6.45) is 0.194. The van der Waals surface area contributed by atoms with Crippen molar-refractivity contribution in [1.82, 2.24) is 4.72 Å². The third-order valence-corrected chi connectivity index (χ3v) is 3.55. The number of sulfonamides is 1. The first-order chi connectivity index (χ1) is 9.36. The highest BCUT2D eigenvalue weighted by atomic mass is 32.2. The normalized spacial score (nSPS) is 10.7. The summed E-state index contributed by atoms with van der Waals surface area (Å²) in [7, 11) is -4.00. The van der Waals surface area contributed by atoms with E-state index in [0.29, 0.717) is 0 Å². The van der Waals surface area contributed by atoms with Crippen LogP contribution in [0.25, 0.3) is 0 Å². The number of hydrogen-bond acceptors (Lipinski definition) is 4. The number of carbonyl (C=O) groups is 1. The molecule has 0 aliphatic carbocycles. The van der Waals surface area contributed by atoms with Gasteiger partial charge >= 0.3 is 0 Å². The Morgan fingerprint density at radius 2 is 2.15 bits per heavy atom. The molecular weight excluding hydrogens is 287 g/mol. The molecule has 0 fully saturated rings. The van der Waals surface area contributed by atoms with Crippen LogP contribution in [0.2, 0.25) is 0 Å². The SMILES string of the molecule is NC(=O)CNS(=O)(=O)c1ccc(C#CCCO)c(F)c1. The summed E-state index contributed by atoms with van der Waals surface area (Å²) in [6.45, 7) is -0.708. The van der Waals surface area contributed by atoms with E-state index in [1.165, 1.54) is 6.07 Å². The third kappa shape index (κ3) is 4.62. The number of primary amides is 1. The number of nitrogens with one attached hydrogen (secondary N) is 1. The number of aliphatic hydroxyl groups excluding tert-OH is 1. The average Bonchev–Trinajstić information content (AvgIpc) is 2.38. The number of rotatable bonds is 5. The number of hydrogen-bond donors (Lipinski definition) is 3. The first kappa shape index (κ1) is 16.1. The average molecular weight is 300 g/mol. The molecule has 4 N–H and O–H groups in total. The van der Waals surface area contributed by atoms with Gasteiger partial charge in [0, 0.05) is 6.42 Å². The zero-order chi connectivity index (χ0) is 15.2. The molecular formula is C12H13FN2O4S. The monoisotopic (exact) mass is 300 g/mol. The van der Waals surface area contributed by atoms with E-state index in [-0.39, 0.29) is 23.5 Å². The lowest BCUT2D eigenvalue weighted by Gasteiger charge is -2.05. The van der Waals surface area contributed by atoms with Crippen LogP contribution in [0.5, 0.6) is 0 Å². The second-order valence-electron chi connectivity index (χ2n) is 3.71. The Kier molecular flexibility index (Phi) is 5.64. The van der Waals surface area contributed by atoms with Crippen molar-refractivity contribution in [3.8, 4) is 11.8 Å². The predicted octanol–water partition coefficient (Wildman–Crippen LogP) is -0.677. The molecule has 0 aromatic heterocycles. The molecule has 0 radical (unpaired) electrons. The van der Waals surface area contributed by atoms with E-state index < -0.39 is 28.3 Å². The van der Waals surface area contributed by atoms with Gasteiger partial charge in [0.2, 0.25) is 15.9 Å². The molecule has 0 unspecified atom stereocenters. The van der Waals surface area contributed by atoms with Crippen LogP contribution in [0, 0.1) is 17.7 Å². The van der Waals surface area contributed by atoms with Crippen LogP contribution in [-0.2, 0) is 14.8 Å². The van der Waals surface area contributed by atoms with Gasteiger partial charge in [-0.2, -0.15) is 0 Å². The first-order valence-electron chi connectivity index (χ1n) is 5.54. The molecule has 1 amide bonds. The molecule has 0 aliphatic rings. The van der Waals surface area contributed by atoms with Crippen molar-refractivity contribution in [2.24, 2.45) is 5.73 Å². The summed E-state index contributed by atoms with van der Waals surface area (Å²) in [5.41, 5.74) is 4.84. The minimum absolute atomic E-state index is 0.0206. The van der Waals surface area contributed by atoms with Gasteiger partial charge in [-0.15, -0.1) is 0 Å². The molecule has 1 aromatic carbocycles. The van der Waals surface area contributed by atoms with Gasteiger partial charge in [0.15, 0.2) is 0 Å². The highest BCUT2D eigenvalue weighted by Gasteiger charge is 2.16. The van der Waals surface area contributed by atoms with Gasteiger partial charge in [-0.3, -0.25) is 4.79 Å². The summed E-state index contributed by atoms with van der Waals surface area (Å²) < 4.78 is 39.0. The lowest BCUT2D eigenvalue weighted by molar-refractivity contribution is -0.116.